The van der Waals surface area contributed by atoms with Gasteiger partial charge in [0.05, 0.1) is 4.83 Å². The summed E-state index contributed by atoms with van der Waals surface area (Å²) in [6.07, 6.45) is 12.7. The van der Waals surface area contributed by atoms with E-state index in [-0.39, 0.29) is 6.10 Å². The molecule has 2 aliphatic carbocycles. The predicted molar refractivity (Wildman–Crippen MR) is 69.5 cm³/mol. The van der Waals surface area contributed by atoms with Crippen molar-refractivity contribution in [3.8, 4) is 0 Å². The van der Waals surface area contributed by atoms with Crippen molar-refractivity contribution >= 4 is 23.8 Å². The van der Waals surface area contributed by atoms with Crippen molar-refractivity contribution in [1.29, 1.82) is 0 Å². The van der Waals surface area contributed by atoms with Crippen LogP contribution in [0.25, 0.3) is 0 Å². The minimum absolute atomic E-state index is 0.164. The lowest BCUT2D eigenvalue weighted by Crippen LogP contribution is -2.31. The SMILES string of the molecule is [B]C1=CC2CC3=C(OC2C=C1)C(Br)CC=C3. The van der Waals surface area contributed by atoms with Crippen molar-refractivity contribution in [2.24, 2.45) is 5.92 Å². The van der Waals surface area contributed by atoms with E-state index in [4.69, 9.17) is 12.6 Å². The average molecular weight is 275 g/mol. The van der Waals surface area contributed by atoms with E-state index < -0.39 is 0 Å². The van der Waals surface area contributed by atoms with Crippen LogP contribution in [0, 0.1) is 5.92 Å². The highest BCUT2D eigenvalue weighted by molar-refractivity contribution is 9.09. The summed E-state index contributed by atoms with van der Waals surface area (Å²) in [5.74, 6) is 1.51. The maximum atomic E-state index is 6.05. The van der Waals surface area contributed by atoms with Crippen LogP contribution in [0.5, 0.6) is 0 Å². The molecule has 0 amide bonds. The number of alkyl halides is 1. The van der Waals surface area contributed by atoms with Crippen LogP contribution in [0.4, 0.5) is 0 Å². The van der Waals surface area contributed by atoms with Gasteiger partial charge in [0.2, 0.25) is 0 Å². The molecule has 80 valence electrons. The molecular formula is C13H12BBrO. The first-order chi connectivity index (χ1) is 7.74. The lowest BCUT2D eigenvalue weighted by molar-refractivity contribution is 0.0933. The molecule has 0 aromatic carbocycles. The van der Waals surface area contributed by atoms with E-state index in [9.17, 15) is 0 Å². The number of ether oxygens (including phenoxy) is 1. The quantitative estimate of drug-likeness (QED) is 0.487. The van der Waals surface area contributed by atoms with E-state index in [0.29, 0.717) is 10.7 Å². The molecule has 3 unspecified atom stereocenters. The fourth-order valence-corrected chi connectivity index (χ4v) is 3.10. The van der Waals surface area contributed by atoms with Gasteiger partial charge in [0.25, 0.3) is 0 Å². The maximum Gasteiger partial charge on any atom is 0.123 e. The summed E-state index contributed by atoms with van der Waals surface area (Å²) in [6.45, 7) is 0. The van der Waals surface area contributed by atoms with Gasteiger partial charge in [-0.15, -0.1) is 5.47 Å². The van der Waals surface area contributed by atoms with Crippen molar-refractivity contribution in [2.75, 3.05) is 0 Å². The zero-order valence-corrected chi connectivity index (χ0v) is 10.5. The molecule has 3 atom stereocenters. The molecule has 3 rings (SSSR count). The molecule has 0 saturated carbocycles. The largest absolute Gasteiger partial charge is 0.489 e. The summed E-state index contributed by atoms with van der Waals surface area (Å²) in [7, 11) is 5.81. The van der Waals surface area contributed by atoms with E-state index >= 15 is 0 Å². The molecule has 0 aromatic rings. The minimum Gasteiger partial charge on any atom is -0.489 e. The van der Waals surface area contributed by atoms with Crippen molar-refractivity contribution < 1.29 is 4.74 Å². The number of hydrogen-bond donors (Lipinski definition) is 0. The van der Waals surface area contributed by atoms with Gasteiger partial charge in [-0.25, -0.2) is 0 Å². The molecule has 0 N–H and O–H groups in total. The fourth-order valence-electron chi connectivity index (χ4n) is 2.49. The van der Waals surface area contributed by atoms with E-state index in [1.165, 1.54) is 5.57 Å². The van der Waals surface area contributed by atoms with Crippen LogP contribution < -0.4 is 0 Å². The van der Waals surface area contributed by atoms with Crippen LogP contribution in [-0.4, -0.2) is 18.8 Å². The lowest BCUT2D eigenvalue weighted by atomic mass is 9.79. The molecule has 3 heteroatoms. The van der Waals surface area contributed by atoms with Gasteiger partial charge in [-0.3, -0.25) is 0 Å². The third kappa shape index (κ3) is 1.71. The molecular weight excluding hydrogens is 263 g/mol. The Morgan fingerprint density at radius 2 is 2.25 bits per heavy atom. The summed E-state index contributed by atoms with van der Waals surface area (Å²) >= 11 is 3.66. The van der Waals surface area contributed by atoms with E-state index in [1.54, 1.807) is 0 Å². The van der Waals surface area contributed by atoms with Gasteiger partial charge in [0, 0.05) is 5.92 Å². The van der Waals surface area contributed by atoms with Crippen LogP contribution in [0.3, 0.4) is 0 Å². The Kier molecular flexibility index (Phi) is 2.58. The van der Waals surface area contributed by atoms with Crippen LogP contribution in [0.15, 0.2) is 47.2 Å². The van der Waals surface area contributed by atoms with E-state index in [0.717, 1.165) is 24.1 Å². The second kappa shape index (κ2) is 3.95. The van der Waals surface area contributed by atoms with Gasteiger partial charge in [-0.1, -0.05) is 40.2 Å². The molecule has 0 bridgehead atoms. The van der Waals surface area contributed by atoms with Crippen molar-refractivity contribution in [3.05, 3.63) is 47.2 Å². The number of halogens is 1. The first-order valence-corrected chi connectivity index (χ1v) is 6.51. The van der Waals surface area contributed by atoms with Crippen molar-refractivity contribution in [1.82, 2.24) is 0 Å². The lowest BCUT2D eigenvalue weighted by Gasteiger charge is -2.36. The topological polar surface area (TPSA) is 9.23 Å². The van der Waals surface area contributed by atoms with Crippen molar-refractivity contribution in [3.63, 3.8) is 0 Å². The van der Waals surface area contributed by atoms with Crippen LogP contribution in [-0.2, 0) is 4.74 Å². The average Bonchev–Trinajstić information content (AvgIpc) is 2.27. The van der Waals surface area contributed by atoms with E-state index in [2.05, 4.69) is 40.2 Å². The van der Waals surface area contributed by atoms with Crippen LogP contribution in [0.2, 0.25) is 0 Å². The highest BCUT2D eigenvalue weighted by Crippen LogP contribution is 2.39. The molecule has 2 radical (unpaired) electrons. The second-order valence-electron chi connectivity index (χ2n) is 4.47. The molecule has 1 nitrogen and oxygen atoms in total. The fraction of sp³-hybridized carbons (Fsp3) is 0.385. The molecule has 1 heterocycles. The molecule has 1 aliphatic heterocycles. The Balaban J connectivity index is 1.93. The Bertz CT molecular complexity index is 433. The number of fused-ring (bicyclic) bond motifs is 1. The minimum atomic E-state index is 0.164. The zero-order chi connectivity index (χ0) is 11.1. The Hall–Kier alpha value is -0.695. The molecule has 16 heavy (non-hydrogen) atoms. The summed E-state index contributed by atoms with van der Waals surface area (Å²) in [6, 6.07) is 0. The predicted octanol–water partition coefficient (Wildman–Crippen LogP) is 2.99. The van der Waals surface area contributed by atoms with Crippen molar-refractivity contribution in [2.45, 2.75) is 23.8 Å². The second-order valence-corrected chi connectivity index (χ2v) is 5.58. The van der Waals surface area contributed by atoms with Crippen LogP contribution >= 0.6 is 15.9 Å². The summed E-state index contributed by atoms with van der Waals surface area (Å²) in [4.78, 5) is 0.338. The molecule has 0 saturated heterocycles. The zero-order valence-electron chi connectivity index (χ0n) is 8.90. The first kappa shape index (κ1) is 10.5. The summed E-state index contributed by atoms with van der Waals surface area (Å²) < 4.78 is 6.05. The Labute approximate surface area is 105 Å². The highest BCUT2D eigenvalue weighted by Gasteiger charge is 2.32. The molecule has 3 aliphatic rings. The first-order valence-electron chi connectivity index (χ1n) is 5.60. The van der Waals surface area contributed by atoms with Gasteiger partial charge >= 0.3 is 0 Å². The third-order valence-corrected chi connectivity index (χ3v) is 4.08. The Morgan fingerprint density at radius 3 is 3.12 bits per heavy atom. The molecule has 0 aromatic heterocycles. The number of hydrogen-bond acceptors (Lipinski definition) is 1. The van der Waals surface area contributed by atoms with Crippen LogP contribution in [0.1, 0.15) is 12.8 Å². The molecule has 0 fully saturated rings. The van der Waals surface area contributed by atoms with Gasteiger partial charge in [-0.05, 0) is 24.5 Å². The number of rotatable bonds is 0. The van der Waals surface area contributed by atoms with Gasteiger partial charge in [0.1, 0.15) is 19.7 Å². The van der Waals surface area contributed by atoms with Gasteiger partial charge in [-0.2, -0.15) is 0 Å². The highest BCUT2D eigenvalue weighted by atomic mass is 79.9. The molecule has 0 spiro atoms. The summed E-state index contributed by atoms with van der Waals surface area (Å²) in [5.41, 5.74) is 2.16. The van der Waals surface area contributed by atoms with Gasteiger partial charge < -0.3 is 4.74 Å². The summed E-state index contributed by atoms with van der Waals surface area (Å²) in [5, 5.41) is 0. The van der Waals surface area contributed by atoms with Gasteiger partial charge in [0.15, 0.2) is 0 Å². The monoisotopic (exact) mass is 274 g/mol. The Morgan fingerprint density at radius 1 is 1.38 bits per heavy atom. The normalized spacial score (nSPS) is 36.3. The maximum absolute atomic E-state index is 6.05. The third-order valence-electron chi connectivity index (χ3n) is 3.29. The smallest absolute Gasteiger partial charge is 0.123 e. The number of allylic oxidation sites excluding steroid dienone is 6. The standard InChI is InChI=1S/C13H12BBrO/c14-10-4-5-12-9(7-10)6-8-2-1-3-11(15)13(8)16-12/h1-2,4-5,7,9,11-12H,3,6H2. The van der Waals surface area contributed by atoms with E-state index in [1.807, 2.05) is 6.08 Å².